The summed E-state index contributed by atoms with van der Waals surface area (Å²) in [6.45, 7) is 0. The molecule has 0 unspecified atom stereocenters. The summed E-state index contributed by atoms with van der Waals surface area (Å²) in [5, 5.41) is 3.66. The molecule has 0 radical (unpaired) electrons. The third kappa shape index (κ3) is 2.25. The highest BCUT2D eigenvalue weighted by molar-refractivity contribution is 7.19. The summed E-state index contributed by atoms with van der Waals surface area (Å²) in [5.41, 5.74) is -0.820. The first-order chi connectivity index (χ1) is 9.36. The largest absolute Gasteiger partial charge is 0.433 e. The van der Waals surface area contributed by atoms with Crippen molar-refractivity contribution in [3.63, 3.8) is 0 Å². The molecule has 3 rings (SSSR count). The van der Waals surface area contributed by atoms with E-state index < -0.39 is 11.9 Å². The van der Waals surface area contributed by atoms with Gasteiger partial charge in [0.1, 0.15) is 5.02 Å². The molecule has 0 aliphatic rings. The van der Waals surface area contributed by atoms with Gasteiger partial charge in [-0.1, -0.05) is 23.2 Å². The van der Waals surface area contributed by atoms with Crippen molar-refractivity contribution in [3.8, 4) is 10.6 Å². The van der Waals surface area contributed by atoms with Crippen molar-refractivity contribution in [2.75, 3.05) is 0 Å². The minimum atomic E-state index is -4.56. The Morgan fingerprint density at radius 3 is 2.55 bits per heavy atom. The van der Waals surface area contributed by atoms with Gasteiger partial charge in [0.05, 0.1) is 21.1 Å². The van der Waals surface area contributed by atoms with Gasteiger partial charge in [0.2, 0.25) is 0 Å². The third-order valence-corrected chi connectivity index (χ3v) is 4.07. The van der Waals surface area contributed by atoms with Gasteiger partial charge in [0, 0.05) is 0 Å². The molecule has 3 heterocycles. The average Bonchev–Trinajstić information content (AvgIpc) is 2.94. The molecule has 3 aromatic rings. The Morgan fingerprint density at radius 2 is 1.95 bits per heavy atom. The Kier molecular flexibility index (Phi) is 3.15. The Morgan fingerprint density at radius 1 is 1.20 bits per heavy atom. The molecule has 20 heavy (non-hydrogen) atoms. The summed E-state index contributed by atoms with van der Waals surface area (Å²) in [6, 6.07) is 4.13. The van der Waals surface area contributed by atoms with E-state index in [1.54, 1.807) is 12.1 Å². The molecule has 104 valence electrons. The van der Waals surface area contributed by atoms with Crippen LogP contribution in [0.15, 0.2) is 24.4 Å². The van der Waals surface area contributed by atoms with Crippen molar-refractivity contribution in [1.29, 1.82) is 0 Å². The van der Waals surface area contributed by atoms with Crippen LogP contribution in [-0.2, 0) is 6.18 Å². The van der Waals surface area contributed by atoms with Crippen molar-refractivity contribution in [3.05, 3.63) is 39.4 Å². The van der Waals surface area contributed by atoms with Crippen LogP contribution >= 0.6 is 34.5 Å². The molecule has 0 aliphatic carbocycles. The van der Waals surface area contributed by atoms with Crippen LogP contribution < -0.4 is 0 Å². The quantitative estimate of drug-likeness (QED) is 0.639. The van der Waals surface area contributed by atoms with E-state index in [0.29, 0.717) is 13.7 Å². The molecule has 3 nitrogen and oxygen atoms in total. The number of rotatable bonds is 1. The van der Waals surface area contributed by atoms with E-state index in [4.69, 9.17) is 23.2 Å². The lowest BCUT2D eigenvalue weighted by Crippen LogP contribution is -2.13. The SMILES string of the molecule is FC(F)(F)c1cc(-c2ccc(Cl)s2)nc2c(Cl)cnn12. The summed E-state index contributed by atoms with van der Waals surface area (Å²) in [6.07, 6.45) is -3.43. The van der Waals surface area contributed by atoms with Crippen molar-refractivity contribution in [1.82, 2.24) is 14.6 Å². The third-order valence-electron chi connectivity index (χ3n) is 2.54. The van der Waals surface area contributed by atoms with Gasteiger partial charge in [0.15, 0.2) is 11.3 Å². The fourth-order valence-electron chi connectivity index (χ4n) is 1.72. The van der Waals surface area contributed by atoms with E-state index in [9.17, 15) is 13.2 Å². The zero-order valence-electron chi connectivity index (χ0n) is 9.45. The second kappa shape index (κ2) is 4.61. The number of thiophene rings is 1. The lowest BCUT2D eigenvalue weighted by Gasteiger charge is -2.10. The first-order valence-electron chi connectivity index (χ1n) is 5.23. The normalized spacial score (nSPS) is 12.2. The lowest BCUT2D eigenvalue weighted by atomic mass is 10.2. The molecule has 0 aromatic carbocycles. The van der Waals surface area contributed by atoms with E-state index in [-0.39, 0.29) is 16.4 Å². The molecule has 0 saturated carbocycles. The van der Waals surface area contributed by atoms with Crippen LogP contribution in [0.3, 0.4) is 0 Å². The standard InChI is InChI=1S/C11H4Cl2F3N3S/c12-5-4-17-19-8(11(14,15)16)3-6(18-10(5)19)7-1-2-9(13)20-7/h1-4H. The summed E-state index contributed by atoms with van der Waals surface area (Å²) in [5.74, 6) is 0. The Hall–Kier alpha value is -1.31. The average molecular weight is 338 g/mol. The molecule has 0 atom stereocenters. The topological polar surface area (TPSA) is 30.2 Å². The molecule has 0 amide bonds. The lowest BCUT2D eigenvalue weighted by molar-refractivity contribution is -0.142. The van der Waals surface area contributed by atoms with Crippen molar-refractivity contribution in [2.45, 2.75) is 6.18 Å². The molecule has 0 bridgehead atoms. The summed E-state index contributed by atoms with van der Waals surface area (Å²) in [4.78, 5) is 4.64. The molecule has 9 heteroatoms. The number of halogens is 5. The van der Waals surface area contributed by atoms with E-state index >= 15 is 0 Å². The molecule has 0 spiro atoms. The maximum atomic E-state index is 13.1. The zero-order valence-corrected chi connectivity index (χ0v) is 11.8. The van der Waals surface area contributed by atoms with Gasteiger partial charge in [-0.3, -0.25) is 0 Å². The Balaban J connectivity index is 2.32. The van der Waals surface area contributed by atoms with E-state index in [1.807, 2.05) is 0 Å². The summed E-state index contributed by atoms with van der Waals surface area (Å²) >= 11 is 12.8. The van der Waals surface area contributed by atoms with E-state index in [2.05, 4.69) is 10.1 Å². The highest BCUT2D eigenvalue weighted by Crippen LogP contribution is 2.36. The summed E-state index contributed by atoms with van der Waals surface area (Å²) < 4.78 is 40.4. The van der Waals surface area contributed by atoms with Gasteiger partial charge in [-0.25, -0.2) is 9.50 Å². The predicted molar refractivity (Wildman–Crippen MR) is 71.3 cm³/mol. The predicted octanol–water partition coefficient (Wildman–Crippen LogP) is 4.78. The molecule has 0 aliphatic heterocycles. The van der Waals surface area contributed by atoms with Crippen LogP contribution in [-0.4, -0.2) is 14.6 Å². The van der Waals surface area contributed by atoms with Gasteiger partial charge >= 0.3 is 6.18 Å². The molecular formula is C11H4Cl2F3N3S. The molecule has 0 N–H and O–H groups in total. The maximum absolute atomic E-state index is 13.1. The van der Waals surface area contributed by atoms with Crippen LogP contribution in [0.25, 0.3) is 16.2 Å². The Labute approximate surface area is 124 Å². The number of alkyl halides is 3. The minimum absolute atomic E-state index is 0.0407. The number of fused-ring (bicyclic) bond motifs is 1. The van der Waals surface area contributed by atoms with Gasteiger partial charge in [-0.05, 0) is 18.2 Å². The number of nitrogens with zero attached hydrogens (tertiary/aromatic N) is 3. The van der Waals surface area contributed by atoms with Crippen molar-refractivity contribution < 1.29 is 13.2 Å². The monoisotopic (exact) mass is 337 g/mol. The molecule has 0 fully saturated rings. The fraction of sp³-hybridized carbons (Fsp3) is 0.0909. The summed E-state index contributed by atoms with van der Waals surface area (Å²) in [7, 11) is 0. The second-order valence-corrected chi connectivity index (χ2v) is 5.98. The fourth-order valence-corrected chi connectivity index (χ4v) is 2.89. The van der Waals surface area contributed by atoms with E-state index in [0.717, 1.165) is 23.6 Å². The highest BCUT2D eigenvalue weighted by Gasteiger charge is 2.35. The van der Waals surface area contributed by atoms with E-state index in [1.165, 1.54) is 0 Å². The molecule has 3 aromatic heterocycles. The van der Waals surface area contributed by atoms with Crippen LogP contribution in [0.5, 0.6) is 0 Å². The smallest absolute Gasteiger partial charge is 0.226 e. The van der Waals surface area contributed by atoms with Gasteiger partial charge < -0.3 is 0 Å². The first-order valence-corrected chi connectivity index (χ1v) is 6.80. The van der Waals surface area contributed by atoms with Crippen LogP contribution in [0.1, 0.15) is 5.69 Å². The number of hydrogen-bond donors (Lipinski definition) is 0. The van der Waals surface area contributed by atoms with Crippen LogP contribution in [0.4, 0.5) is 13.2 Å². The van der Waals surface area contributed by atoms with Gasteiger partial charge in [-0.15, -0.1) is 11.3 Å². The van der Waals surface area contributed by atoms with Crippen molar-refractivity contribution >= 4 is 40.2 Å². The zero-order chi connectivity index (χ0) is 14.5. The molecule has 0 saturated heterocycles. The maximum Gasteiger partial charge on any atom is 0.433 e. The van der Waals surface area contributed by atoms with Gasteiger partial charge in [-0.2, -0.15) is 18.3 Å². The number of hydrogen-bond acceptors (Lipinski definition) is 3. The van der Waals surface area contributed by atoms with Crippen LogP contribution in [0, 0.1) is 0 Å². The molecular weight excluding hydrogens is 334 g/mol. The number of aromatic nitrogens is 3. The van der Waals surface area contributed by atoms with Crippen molar-refractivity contribution in [2.24, 2.45) is 0 Å². The minimum Gasteiger partial charge on any atom is -0.226 e. The second-order valence-electron chi connectivity index (χ2n) is 3.86. The van der Waals surface area contributed by atoms with Crippen LogP contribution in [0.2, 0.25) is 9.36 Å². The first kappa shape index (κ1) is 13.7. The van der Waals surface area contributed by atoms with Gasteiger partial charge in [0.25, 0.3) is 0 Å². The Bertz CT molecular complexity index is 794. The highest BCUT2D eigenvalue weighted by atomic mass is 35.5.